The molecular weight excluding hydrogens is 1220 g/mol. The molecular formula is C79H86N4OPt. The number of fused-ring (bicyclic) bond motifs is 4. The van der Waals surface area contributed by atoms with E-state index in [1.54, 1.807) is 0 Å². The Balaban J connectivity index is 0.00000432. The van der Waals surface area contributed by atoms with Gasteiger partial charge in [0.25, 0.3) is 0 Å². The molecule has 0 aliphatic carbocycles. The first-order valence-corrected chi connectivity index (χ1v) is 29.9. The van der Waals surface area contributed by atoms with Gasteiger partial charge in [-0.25, -0.2) is 4.98 Å². The van der Waals surface area contributed by atoms with Gasteiger partial charge in [0.1, 0.15) is 5.82 Å². The van der Waals surface area contributed by atoms with Crippen molar-refractivity contribution < 1.29 is 25.8 Å². The molecule has 11 rings (SSSR count). The molecule has 0 fully saturated rings. The third-order valence-electron chi connectivity index (χ3n) is 17.5. The molecule has 0 bridgehead atoms. The van der Waals surface area contributed by atoms with E-state index < -0.39 is 0 Å². The summed E-state index contributed by atoms with van der Waals surface area (Å²) in [5.41, 5.74) is 19.0. The van der Waals surface area contributed by atoms with Crippen LogP contribution in [0.4, 0.5) is 22.7 Å². The minimum absolute atomic E-state index is 0. The second kappa shape index (κ2) is 23.2. The Bertz CT molecular complexity index is 3950. The van der Waals surface area contributed by atoms with Gasteiger partial charge in [-0.2, -0.15) is 6.07 Å². The molecule has 0 saturated carbocycles. The van der Waals surface area contributed by atoms with E-state index in [4.69, 9.17) is 9.72 Å². The van der Waals surface area contributed by atoms with E-state index in [9.17, 15) is 0 Å². The maximum Gasteiger partial charge on any atom is 4.00 e. The number of ether oxygens (including phenoxy) is 1. The molecule has 0 saturated heterocycles. The number of benzene rings is 8. The van der Waals surface area contributed by atoms with Crippen molar-refractivity contribution in [3.05, 3.63) is 252 Å². The van der Waals surface area contributed by atoms with Crippen LogP contribution >= 0.6 is 0 Å². The van der Waals surface area contributed by atoms with Crippen LogP contribution in [0, 0.1) is 26.2 Å². The van der Waals surface area contributed by atoms with Crippen molar-refractivity contribution in [1.82, 2.24) is 9.55 Å². The first kappa shape index (κ1) is 62.3. The van der Waals surface area contributed by atoms with Crippen LogP contribution in [0.2, 0.25) is 0 Å². The van der Waals surface area contributed by atoms with E-state index >= 15 is 0 Å². The number of hydrogen-bond donors (Lipinski definition) is 0. The van der Waals surface area contributed by atoms with Gasteiger partial charge in [0, 0.05) is 51.1 Å². The predicted octanol–water partition coefficient (Wildman–Crippen LogP) is 21.9. The van der Waals surface area contributed by atoms with Crippen molar-refractivity contribution in [2.75, 3.05) is 9.80 Å². The van der Waals surface area contributed by atoms with Crippen LogP contribution in [0.25, 0.3) is 38.8 Å². The second-order valence-corrected chi connectivity index (χ2v) is 28.0. The summed E-state index contributed by atoms with van der Waals surface area (Å²) >= 11 is 0. The van der Waals surface area contributed by atoms with Gasteiger partial charge in [-0.05, 0) is 132 Å². The number of nitrogens with zero attached hydrogens (tertiary/aromatic N) is 4. The van der Waals surface area contributed by atoms with Crippen LogP contribution in [0.3, 0.4) is 0 Å². The zero-order valence-corrected chi connectivity index (χ0v) is 55.8. The van der Waals surface area contributed by atoms with Gasteiger partial charge in [0.15, 0.2) is 0 Å². The van der Waals surface area contributed by atoms with Crippen molar-refractivity contribution in [1.29, 1.82) is 0 Å². The van der Waals surface area contributed by atoms with Gasteiger partial charge in [-0.1, -0.05) is 226 Å². The summed E-state index contributed by atoms with van der Waals surface area (Å²) in [6, 6.07) is 70.7. The second-order valence-electron chi connectivity index (χ2n) is 28.0. The molecule has 0 radical (unpaired) electrons. The molecule has 3 heterocycles. The standard InChI is InChI=1S/C78H83N4O.CH3.Pt/c1-50(2)64-29-24-30-65(51(3)4)73(64)52-39-60(47-63(40-52)83-62-33-34-66-67-44-55(74(5,6)7)31-35-68(67)82(70(66)48-62)72-46-57(37-38-79-72)76(11,12)13)80-49-81(71-45-56(75(8,9)10)32-36-69(71)80)61-42-58(77(14,15)53-25-20-18-21-26-53)41-59(43-61)78(16,17)54-27-22-19-23-28-54;;/h18-46,49-51H,1-17H3;1H3;/q-3;-1;+4. The number of anilines is 4. The Labute approximate surface area is 523 Å². The van der Waals surface area contributed by atoms with Crippen LogP contribution in [-0.2, 0) is 48.1 Å². The number of hydrogen-bond acceptors (Lipinski definition) is 4. The van der Waals surface area contributed by atoms with Crippen LogP contribution < -0.4 is 14.5 Å². The number of rotatable bonds is 12. The van der Waals surface area contributed by atoms with Crippen molar-refractivity contribution in [3.63, 3.8) is 0 Å². The molecule has 5 nitrogen and oxygen atoms in total. The van der Waals surface area contributed by atoms with Gasteiger partial charge in [0.2, 0.25) is 0 Å². The summed E-state index contributed by atoms with van der Waals surface area (Å²) in [4.78, 5) is 9.78. The van der Waals surface area contributed by atoms with E-state index in [2.05, 4.69) is 321 Å². The molecule has 6 heteroatoms. The quantitative estimate of drug-likeness (QED) is 0.114. The van der Waals surface area contributed by atoms with Crippen molar-refractivity contribution in [3.8, 4) is 28.4 Å². The van der Waals surface area contributed by atoms with E-state index in [-0.39, 0.29) is 67.4 Å². The SMILES string of the molecule is CC(C)c1cccc(C(C)C)c1-c1cc(Oc2[c-]c3c(cc2)c2cc(C(C)(C)C)ccc2n3-c2cc(C(C)(C)C)ccn2)[c-]c(N2[CH-]N(c3cc(C(C)(C)c4ccccc4)cc(C(C)(C)c4ccccc4)c3)c3cc(C(C)(C)C)ccc32)c1.[CH3-].[Pt+4]. The minimum atomic E-state index is -0.308. The Morgan fingerprint density at radius 2 is 1.01 bits per heavy atom. The van der Waals surface area contributed by atoms with Gasteiger partial charge >= 0.3 is 21.1 Å². The fraction of sp³-hybridized carbons (Fsp3) is 0.304. The van der Waals surface area contributed by atoms with Crippen LogP contribution in [0.5, 0.6) is 11.5 Å². The topological polar surface area (TPSA) is 33.5 Å². The van der Waals surface area contributed by atoms with E-state index in [1.807, 2.05) is 6.20 Å². The van der Waals surface area contributed by atoms with E-state index in [0.29, 0.717) is 11.5 Å². The van der Waals surface area contributed by atoms with Crippen molar-refractivity contribution in [2.45, 2.75) is 157 Å². The summed E-state index contributed by atoms with van der Waals surface area (Å²) in [5.74, 6) is 2.59. The third kappa shape index (κ3) is 11.9. The van der Waals surface area contributed by atoms with Gasteiger partial charge < -0.3 is 26.5 Å². The first-order valence-electron chi connectivity index (χ1n) is 29.9. The van der Waals surface area contributed by atoms with Gasteiger partial charge in [-0.3, -0.25) is 0 Å². The summed E-state index contributed by atoms with van der Waals surface area (Å²) in [5, 5.41) is 2.25. The number of pyridine rings is 1. The van der Waals surface area contributed by atoms with Crippen LogP contribution in [-0.4, -0.2) is 9.55 Å². The Kier molecular flexibility index (Phi) is 17.0. The third-order valence-corrected chi connectivity index (χ3v) is 17.5. The Hall–Kier alpha value is -7.20. The fourth-order valence-corrected chi connectivity index (χ4v) is 12.1. The monoisotopic (exact) mass is 1300 g/mol. The summed E-state index contributed by atoms with van der Waals surface area (Å²) in [6.07, 6.45) is 1.94. The average molecular weight is 1300 g/mol. The largest absolute Gasteiger partial charge is 4.00 e. The summed E-state index contributed by atoms with van der Waals surface area (Å²) in [7, 11) is 0. The molecule has 0 spiro atoms. The smallest absolute Gasteiger partial charge is 0.509 e. The Morgan fingerprint density at radius 1 is 0.459 bits per heavy atom. The predicted molar refractivity (Wildman–Crippen MR) is 357 cm³/mol. The molecule has 438 valence electrons. The normalized spacial score (nSPS) is 13.2. The molecule has 85 heavy (non-hydrogen) atoms. The molecule has 0 amide bonds. The molecule has 0 N–H and O–H groups in total. The van der Waals surface area contributed by atoms with Crippen LogP contribution in [0.15, 0.2) is 176 Å². The first-order chi connectivity index (χ1) is 39.2. The maximum absolute atomic E-state index is 7.25. The van der Waals surface area contributed by atoms with Crippen LogP contribution in [0.1, 0.15) is 180 Å². The average Bonchev–Trinajstić information content (AvgIpc) is 3.27. The molecule has 1 aliphatic rings. The molecule has 8 aromatic carbocycles. The fourth-order valence-electron chi connectivity index (χ4n) is 12.1. The summed E-state index contributed by atoms with van der Waals surface area (Å²) < 4.78 is 9.51. The number of aromatic nitrogens is 2. The van der Waals surface area contributed by atoms with Gasteiger partial charge in [-0.15, -0.1) is 53.6 Å². The summed E-state index contributed by atoms with van der Waals surface area (Å²) in [6.45, 7) is 41.4. The van der Waals surface area contributed by atoms with Gasteiger partial charge in [0.05, 0.1) is 0 Å². The Morgan fingerprint density at radius 3 is 1.58 bits per heavy atom. The zero-order chi connectivity index (χ0) is 59.1. The molecule has 0 unspecified atom stereocenters. The zero-order valence-electron chi connectivity index (χ0n) is 53.5. The minimum Gasteiger partial charge on any atom is -0.509 e. The van der Waals surface area contributed by atoms with E-state index in [1.165, 1.54) is 55.6 Å². The molecule has 0 atom stereocenters. The molecule has 2 aromatic heterocycles. The van der Waals surface area contributed by atoms with Crippen molar-refractivity contribution >= 4 is 44.6 Å². The molecule has 1 aliphatic heterocycles. The maximum atomic E-state index is 7.25. The van der Waals surface area contributed by atoms with E-state index in [0.717, 1.165) is 55.9 Å². The molecule has 10 aromatic rings. The van der Waals surface area contributed by atoms with Crippen molar-refractivity contribution in [2.24, 2.45) is 0 Å².